The van der Waals surface area contributed by atoms with Crippen LogP contribution in [0.2, 0.25) is 0 Å². The minimum Gasteiger partial charge on any atom is -0.456 e. The van der Waals surface area contributed by atoms with Crippen molar-refractivity contribution in [1.82, 2.24) is 0 Å². The molecule has 2 rings (SSSR count). The van der Waals surface area contributed by atoms with Crippen molar-refractivity contribution >= 4 is 34.1 Å². The van der Waals surface area contributed by atoms with E-state index >= 15 is 0 Å². The van der Waals surface area contributed by atoms with Gasteiger partial charge in [0.1, 0.15) is 5.00 Å². The van der Waals surface area contributed by atoms with Gasteiger partial charge in [-0.15, -0.1) is 11.3 Å². The van der Waals surface area contributed by atoms with Crippen molar-refractivity contribution in [2.45, 2.75) is 32.1 Å². The van der Waals surface area contributed by atoms with Gasteiger partial charge >= 0.3 is 5.97 Å². The summed E-state index contributed by atoms with van der Waals surface area (Å²) in [5, 5.41) is 4.55. The monoisotopic (exact) mass is 310 g/mol. The molecule has 1 saturated carbocycles. The van der Waals surface area contributed by atoms with Crippen LogP contribution in [0, 0.1) is 5.92 Å². The highest BCUT2D eigenvalue weighted by molar-refractivity contribution is 7.14. The number of hydrogen-bond donors (Lipinski definition) is 2. The predicted octanol–water partition coefficient (Wildman–Crippen LogP) is 1.91. The van der Waals surface area contributed by atoms with Crippen LogP contribution in [0.1, 0.15) is 42.5 Å². The number of hydrogen-bond acceptors (Lipinski definition) is 5. The molecular weight excluding hydrogens is 292 g/mol. The van der Waals surface area contributed by atoms with Crippen molar-refractivity contribution in [3.63, 3.8) is 0 Å². The first-order chi connectivity index (χ1) is 10.1. The molecular formula is C14H18N2O4S. The molecule has 3 N–H and O–H groups in total. The van der Waals surface area contributed by atoms with Gasteiger partial charge in [-0.05, 0) is 30.2 Å². The summed E-state index contributed by atoms with van der Waals surface area (Å²) in [6, 6.07) is 1.54. The van der Waals surface area contributed by atoms with Crippen LogP contribution < -0.4 is 11.1 Å². The fourth-order valence-electron chi connectivity index (χ4n) is 2.42. The lowest BCUT2D eigenvalue weighted by Crippen LogP contribution is -2.22. The van der Waals surface area contributed by atoms with E-state index in [2.05, 4.69) is 5.32 Å². The molecule has 0 radical (unpaired) electrons. The van der Waals surface area contributed by atoms with E-state index in [1.165, 1.54) is 17.4 Å². The maximum atomic E-state index is 11.7. The molecule has 1 fully saturated rings. The Bertz CT molecular complexity index is 535. The number of nitrogens with two attached hydrogens (primary N) is 1. The smallest absolute Gasteiger partial charge is 0.306 e. The molecule has 2 amide bonds. The van der Waals surface area contributed by atoms with Gasteiger partial charge in [0.05, 0.1) is 5.56 Å². The molecule has 1 aliphatic rings. The summed E-state index contributed by atoms with van der Waals surface area (Å²) in [5.41, 5.74) is 5.43. The first kappa shape index (κ1) is 15.5. The lowest BCUT2D eigenvalue weighted by molar-refractivity contribution is -0.148. The quantitative estimate of drug-likeness (QED) is 0.784. The van der Waals surface area contributed by atoms with E-state index in [1.807, 2.05) is 0 Å². The molecule has 114 valence electrons. The molecule has 1 aromatic rings. The number of nitrogens with one attached hydrogen (secondary N) is 1. The summed E-state index contributed by atoms with van der Waals surface area (Å²) in [5.74, 6) is -1.04. The molecule has 0 aliphatic heterocycles. The lowest BCUT2D eigenvalue weighted by Gasteiger charge is -2.09. The molecule has 0 aromatic carbocycles. The van der Waals surface area contributed by atoms with Gasteiger partial charge in [0, 0.05) is 6.42 Å². The Morgan fingerprint density at radius 2 is 2.05 bits per heavy atom. The molecule has 0 unspecified atom stereocenters. The summed E-state index contributed by atoms with van der Waals surface area (Å²) >= 11 is 1.19. The molecule has 1 aromatic heterocycles. The summed E-state index contributed by atoms with van der Waals surface area (Å²) in [4.78, 5) is 34.4. The van der Waals surface area contributed by atoms with Gasteiger partial charge < -0.3 is 15.8 Å². The summed E-state index contributed by atoms with van der Waals surface area (Å²) < 4.78 is 4.95. The van der Waals surface area contributed by atoms with E-state index in [4.69, 9.17) is 10.5 Å². The van der Waals surface area contributed by atoms with Crippen molar-refractivity contribution in [3.8, 4) is 0 Å². The van der Waals surface area contributed by atoms with Gasteiger partial charge in [-0.25, -0.2) is 0 Å². The Labute approximate surface area is 126 Å². The van der Waals surface area contributed by atoms with Crippen LogP contribution in [0.25, 0.3) is 0 Å². The van der Waals surface area contributed by atoms with Gasteiger partial charge in [0.2, 0.25) is 0 Å². The number of rotatable bonds is 6. The Kier molecular flexibility index (Phi) is 5.32. The molecule has 0 saturated heterocycles. The second kappa shape index (κ2) is 7.21. The Morgan fingerprint density at radius 1 is 1.33 bits per heavy atom. The van der Waals surface area contributed by atoms with Gasteiger partial charge in [-0.2, -0.15) is 0 Å². The number of amides is 2. The summed E-state index contributed by atoms with van der Waals surface area (Å²) in [6.45, 7) is -0.346. The van der Waals surface area contributed by atoms with Crippen molar-refractivity contribution in [2.24, 2.45) is 11.7 Å². The largest absolute Gasteiger partial charge is 0.456 e. The fourth-order valence-corrected chi connectivity index (χ4v) is 3.23. The Hall–Kier alpha value is -1.89. The van der Waals surface area contributed by atoms with Crippen molar-refractivity contribution in [2.75, 3.05) is 11.9 Å². The highest BCUT2D eigenvalue weighted by Gasteiger charge is 2.20. The molecule has 0 bridgehead atoms. The minimum absolute atomic E-state index is 0.255. The molecule has 0 atom stereocenters. The molecule has 6 nitrogen and oxygen atoms in total. The number of primary amides is 1. The van der Waals surface area contributed by atoms with E-state index in [9.17, 15) is 14.4 Å². The van der Waals surface area contributed by atoms with E-state index < -0.39 is 11.8 Å². The van der Waals surface area contributed by atoms with Crippen molar-refractivity contribution < 1.29 is 19.1 Å². The molecule has 0 spiro atoms. The number of ether oxygens (including phenoxy) is 1. The zero-order chi connectivity index (χ0) is 15.2. The number of anilines is 1. The maximum Gasteiger partial charge on any atom is 0.306 e. The van der Waals surface area contributed by atoms with Gasteiger partial charge in [0.15, 0.2) is 6.61 Å². The zero-order valence-electron chi connectivity index (χ0n) is 11.6. The third-order valence-corrected chi connectivity index (χ3v) is 4.31. The maximum absolute atomic E-state index is 11.7. The van der Waals surface area contributed by atoms with E-state index in [0.717, 1.165) is 25.7 Å². The van der Waals surface area contributed by atoms with Crippen LogP contribution in [-0.4, -0.2) is 24.4 Å². The predicted molar refractivity (Wildman–Crippen MR) is 79.0 cm³/mol. The normalized spacial score (nSPS) is 14.9. The first-order valence-corrected chi connectivity index (χ1v) is 7.77. The van der Waals surface area contributed by atoms with Crippen molar-refractivity contribution in [3.05, 3.63) is 17.0 Å². The van der Waals surface area contributed by atoms with E-state index in [1.54, 1.807) is 5.38 Å². The van der Waals surface area contributed by atoms with E-state index in [-0.39, 0.29) is 18.1 Å². The zero-order valence-corrected chi connectivity index (χ0v) is 12.4. The molecule has 1 aliphatic carbocycles. The van der Waals surface area contributed by atoms with Gasteiger partial charge in [-0.3, -0.25) is 14.4 Å². The van der Waals surface area contributed by atoms with Gasteiger partial charge in [0.25, 0.3) is 11.8 Å². The second-order valence-corrected chi connectivity index (χ2v) is 6.01. The molecule has 21 heavy (non-hydrogen) atoms. The second-order valence-electron chi connectivity index (χ2n) is 5.09. The third kappa shape index (κ3) is 4.56. The standard InChI is InChI=1S/C14H18N2O4S/c15-13(19)10-5-6-21-14(10)16-11(17)8-20-12(18)7-9-3-1-2-4-9/h5-6,9H,1-4,7-8H2,(H2,15,19)(H,16,17). The van der Waals surface area contributed by atoms with Crippen molar-refractivity contribution in [1.29, 1.82) is 0 Å². The average molecular weight is 310 g/mol. The first-order valence-electron chi connectivity index (χ1n) is 6.89. The average Bonchev–Trinajstić information content (AvgIpc) is 3.07. The van der Waals surface area contributed by atoms with Crippen LogP contribution in [0.5, 0.6) is 0 Å². The van der Waals surface area contributed by atoms with Crippen LogP contribution in [0.15, 0.2) is 11.4 Å². The SMILES string of the molecule is NC(=O)c1ccsc1NC(=O)COC(=O)CC1CCCC1. The lowest BCUT2D eigenvalue weighted by atomic mass is 10.1. The van der Waals surface area contributed by atoms with Crippen LogP contribution in [-0.2, 0) is 14.3 Å². The molecule has 1 heterocycles. The highest BCUT2D eigenvalue weighted by Crippen LogP contribution is 2.27. The van der Waals surface area contributed by atoms with Crippen LogP contribution in [0.3, 0.4) is 0 Å². The minimum atomic E-state index is -0.607. The topological polar surface area (TPSA) is 98.5 Å². The van der Waals surface area contributed by atoms with Gasteiger partial charge in [-0.1, -0.05) is 12.8 Å². The third-order valence-electron chi connectivity index (χ3n) is 3.48. The van der Waals surface area contributed by atoms with Crippen LogP contribution >= 0.6 is 11.3 Å². The Balaban J connectivity index is 1.75. The number of thiophene rings is 1. The fraction of sp³-hybridized carbons (Fsp3) is 0.500. The number of carbonyl (C=O) groups excluding carboxylic acids is 3. The molecule has 7 heteroatoms. The summed E-state index contributed by atoms with van der Waals surface area (Å²) in [6.07, 6.45) is 4.80. The highest BCUT2D eigenvalue weighted by atomic mass is 32.1. The number of esters is 1. The Morgan fingerprint density at radius 3 is 2.71 bits per heavy atom. The summed E-state index contributed by atoms with van der Waals surface area (Å²) in [7, 11) is 0. The van der Waals surface area contributed by atoms with E-state index in [0.29, 0.717) is 17.3 Å². The van der Waals surface area contributed by atoms with Crippen LogP contribution in [0.4, 0.5) is 5.00 Å². The number of carbonyl (C=O) groups is 3.